The van der Waals surface area contributed by atoms with Gasteiger partial charge in [-0.3, -0.25) is 9.59 Å². The molecule has 0 spiro atoms. The molecule has 1 aliphatic rings. The second-order valence-electron chi connectivity index (χ2n) is 6.24. The van der Waals surface area contributed by atoms with Crippen molar-refractivity contribution in [1.82, 2.24) is 0 Å². The number of amides is 2. The van der Waals surface area contributed by atoms with E-state index < -0.39 is 24.0 Å². The number of carbonyl (C=O) groups excluding carboxylic acids is 2. The number of nitrogens with one attached hydrogen (secondary N) is 1. The number of aliphatic hydroxyl groups excluding tert-OH is 1. The number of aliphatic hydroxyl groups is 1. The van der Waals surface area contributed by atoms with Crippen molar-refractivity contribution in [3.63, 3.8) is 0 Å². The van der Waals surface area contributed by atoms with E-state index >= 15 is 0 Å². The topological polar surface area (TPSA) is 103 Å². The Morgan fingerprint density at radius 1 is 1.26 bits per heavy atom. The van der Waals surface area contributed by atoms with Gasteiger partial charge < -0.3 is 20.1 Å². The molecular weight excluding hydrogens is 346 g/mol. The summed E-state index contributed by atoms with van der Waals surface area (Å²) in [5.74, 6) is -1.21. The van der Waals surface area contributed by atoms with Crippen LogP contribution < -0.4 is 10.2 Å². The minimum absolute atomic E-state index is 0.214. The van der Waals surface area contributed by atoms with Crippen molar-refractivity contribution in [3.05, 3.63) is 59.7 Å². The Labute approximate surface area is 156 Å². The third kappa shape index (κ3) is 4.14. The highest BCUT2D eigenvalue weighted by Gasteiger charge is 2.39. The highest BCUT2D eigenvalue weighted by Crippen LogP contribution is 2.21. The zero-order valence-electron chi connectivity index (χ0n) is 14.8. The third-order valence-electron chi connectivity index (χ3n) is 4.30. The first-order chi connectivity index (χ1) is 13.0. The van der Waals surface area contributed by atoms with Crippen molar-refractivity contribution >= 4 is 23.2 Å². The molecule has 0 saturated carbocycles. The lowest BCUT2D eigenvalue weighted by molar-refractivity contribution is -0.150. The lowest BCUT2D eigenvalue weighted by Gasteiger charge is -2.34. The number of rotatable bonds is 4. The van der Waals surface area contributed by atoms with E-state index in [2.05, 4.69) is 5.32 Å². The first-order valence-corrected chi connectivity index (χ1v) is 8.48. The number of hydrogen-bond acceptors (Lipinski definition) is 5. The Balaban J connectivity index is 1.70. The van der Waals surface area contributed by atoms with Crippen LogP contribution in [-0.4, -0.2) is 42.3 Å². The molecule has 0 radical (unpaired) electrons. The number of nitrogens with zero attached hydrogens (tertiary/aromatic N) is 2. The van der Waals surface area contributed by atoms with E-state index in [0.29, 0.717) is 23.5 Å². The molecule has 0 aromatic heterocycles. The largest absolute Gasteiger partial charge is 0.380 e. The molecule has 27 heavy (non-hydrogen) atoms. The van der Waals surface area contributed by atoms with E-state index in [-0.39, 0.29) is 6.61 Å². The molecule has 3 rings (SSSR count). The number of benzene rings is 2. The van der Waals surface area contributed by atoms with Gasteiger partial charge in [0, 0.05) is 17.9 Å². The highest BCUT2D eigenvalue weighted by atomic mass is 16.5. The van der Waals surface area contributed by atoms with Crippen molar-refractivity contribution in [2.24, 2.45) is 0 Å². The minimum Gasteiger partial charge on any atom is -0.380 e. The molecule has 2 aromatic rings. The van der Waals surface area contributed by atoms with Crippen LogP contribution in [0.3, 0.4) is 0 Å². The smallest absolute Gasteiger partial charge is 0.259 e. The Morgan fingerprint density at radius 2 is 1.93 bits per heavy atom. The average molecular weight is 365 g/mol. The molecule has 2 amide bonds. The van der Waals surface area contributed by atoms with E-state index in [1.54, 1.807) is 24.3 Å². The van der Waals surface area contributed by atoms with Gasteiger partial charge in [0.1, 0.15) is 0 Å². The summed E-state index contributed by atoms with van der Waals surface area (Å²) in [5.41, 5.74) is 2.63. The van der Waals surface area contributed by atoms with Crippen LogP contribution in [0.2, 0.25) is 0 Å². The average Bonchev–Trinajstić information content (AvgIpc) is 2.69. The van der Waals surface area contributed by atoms with Crippen molar-refractivity contribution in [3.8, 4) is 6.07 Å². The van der Waals surface area contributed by atoms with E-state index in [4.69, 9.17) is 10.00 Å². The Bertz CT molecular complexity index is 872. The maximum atomic E-state index is 12.7. The zero-order valence-corrected chi connectivity index (χ0v) is 14.8. The maximum Gasteiger partial charge on any atom is 0.259 e. The second-order valence-corrected chi connectivity index (χ2v) is 6.24. The minimum atomic E-state index is -1.65. The van der Waals surface area contributed by atoms with Crippen molar-refractivity contribution in [1.29, 1.82) is 5.26 Å². The highest BCUT2D eigenvalue weighted by molar-refractivity contribution is 6.03. The van der Waals surface area contributed by atoms with Gasteiger partial charge in [0.05, 0.1) is 18.2 Å². The van der Waals surface area contributed by atoms with Gasteiger partial charge in [0.15, 0.2) is 12.2 Å². The number of ether oxygens (including phenoxy) is 1. The number of hydrogen-bond donors (Lipinski definition) is 2. The van der Waals surface area contributed by atoms with Gasteiger partial charge >= 0.3 is 0 Å². The van der Waals surface area contributed by atoms with E-state index in [0.717, 1.165) is 5.56 Å². The predicted octanol–water partition coefficient (Wildman–Crippen LogP) is 1.60. The monoisotopic (exact) mass is 365 g/mol. The van der Waals surface area contributed by atoms with Gasteiger partial charge in [-0.05, 0) is 43.3 Å². The summed E-state index contributed by atoms with van der Waals surface area (Å²) in [6.45, 7) is 2.51. The van der Waals surface area contributed by atoms with Crippen LogP contribution >= 0.6 is 0 Å². The zero-order chi connectivity index (χ0) is 19.4. The predicted molar refractivity (Wildman–Crippen MR) is 99.1 cm³/mol. The first-order valence-electron chi connectivity index (χ1n) is 8.48. The standard InChI is InChI=1S/C20H19N3O4/c1-13-2-8-16(9-3-13)23-10-11-27-18(20(23)26)17(24)19(25)22-15-6-4-14(12-21)5-7-15/h2-9,17-18,24H,10-11H2,1H3,(H,22,25)/t17-,18-/m1/s1. The molecule has 138 valence electrons. The molecule has 1 aliphatic heterocycles. The lowest BCUT2D eigenvalue weighted by Crippen LogP contribution is -2.55. The number of anilines is 2. The van der Waals surface area contributed by atoms with Gasteiger partial charge in [-0.25, -0.2) is 0 Å². The van der Waals surface area contributed by atoms with Gasteiger partial charge in [-0.1, -0.05) is 17.7 Å². The molecule has 2 atom stereocenters. The van der Waals surface area contributed by atoms with Gasteiger partial charge in [-0.2, -0.15) is 5.26 Å². The normalized spacial score (nSPS) is 17.9. The van der Waals surface area contributed by atoms with Crippen LogP contribution in [0.4, 0.5) is 11.4 Å². The SMILES string of the molecule is Cc1ccc(N2CCO[C@H]([C@@H](O)C(=O)Nc3ccc(C#N)cc3)C2=O)cc1. The summed E-state index contributed by atoms with van der Waals surface area (Å²) >= 11 is 0. The second kappa shape index (κ2) is 7.99. The van der Waals surface area contributed by atoms with Crippen LogP contribution in [0.5, 0.6) is 0 Å². The Kier molecular flexibility index (Phi) is 5.50. The van der Waals surface area contributed by atoms with Gasteiger partial charge in [0.2, 0.25) is 0 Å². The van der Waals surface area contributed by atoms with Crippen LogP contribution in [0.15, 0.2) is 48.5 Å². The third-order valence-corrected chi connectivity index (χ3v) is 4.30. The molecule has 0 unspecified atom stereocenters. The fourth-order valence-corrected chi connectivity index (χ4v) is 2.80. The summed E-state index contributed by atoms with van der Waals surface area (Å²) in [4.78, 5) is 26.5. The Morgan fingerprint density at radius 3 is 2.56 bits per heavy atom. The molecule has 0 aliphatic carbocycles. The molecular formula is C20H19N3O4. The molecule has 0 bridgehead atoms. The van der Waals surface area contributed by atoms with Crippen LogP contribution in [0, 0.1) is 18.3 Å². The van der Waals surface area contributed by atoms with Crippen molar-refractivity contribution in [2.75, 3.05) is 23.4 Å². The van der Waals surface area contributed by atoms with E-state index in [9.17, 15) is 14.7 Å². The van der Waals surface area contributed by atoms with E-state index in [1.807, 2.05) is 37.3 Å². The first kappa shape index (κ1) is 18.6. The van der Waals surface area contributed by atoms with E-state index in [1.165, 1.54) is 4.90 Å². The van der Waals surface area contributed by atoms with Crippen LogP contribution in [0.1, 0.15) is 11.1 Å². The molecule has 1 fully saturated rings. The summed E-state index contributed by atoms with van der Waals surface area (Å²) in [6.07, 6.45) is -2.93. The number of nitriles is 1. The van der Waals surface area contributed by atoms with Crippen LogP contribution in [-0.2, 0) is 14.3 Å². The van der Waals surface area contributed by atoms with Gasteiger partial charge in [0.25, 0.3) is 11.8 Å². The maximum absolute atomic E-state index is 12.7. The Hall–Kier alpha value is -3.21. The molecule has 2 aromatic carbocycles. The molecule has 7 nitrogen and oxygen atoms in total. The molecule has 2 N–H and O–H groups in total. The molecule has 7 heteroatoms. The summed E-state index contributed by atoms with van der Waals surface area (Å²) in [6, 6.07) is 15.6. The summed E-state index contributed by atoms with van der Waals surface area (Å²) < 4.78 is 5.38. The number of morpholine rings is 1. The van der Waals surface area contributed by atoms with Crippen molar-refractivity contribution in [2.45, 2.75) is 19.1 Å². The fraction of sp³-hybridized carbons (Fsp3) is 0.250. The lowest BCUT2D eigenvalue weighted by atomic mass is 10.1. The quantitative estimate of drug-likeness (QED) is 0.857. The molecule has 1 saturated heterocycles. The summed E-state index contributed by atoms with van der Waals surface area (Å²) in [7, 11) is 0. The number of carbonyl (C=O) groups is 2. The van der Waals surface area contributed by atoms with Gasteiger partial charge in [-0.15, -0.1) is 0 Å². The van der Waals surface area contributed by atoms with Crippen molar-refractivity contribution < 1.29 is 19.4 Å². The number of aryl methyl sites for hydroxylation is 1. The summed E-state index contributed by atoms with van der Waals surface area (Å²) in [5, 5.41) is 21.7. The fourth-order valence-electron chi connectivity index (χ4n) is 2.80. The molecule has 1 heterocycles. The van der Waals surface area contributed by atoms with Crippen LogP contribution in [0.25, 0.3) is 0 Å².